The first-order valence-corrected chi connectivity index (χ1v) is 10.8. The van der Waals surface area contributed by atoms with E-state index in [0.717, 1.165) is 25.7 Å². The number of carbonyl (C=O) groups is 1. The van der Waals surface area contributed by atoms with Gasteiger partial charge in [0.15, 0.2) is 0 Å². The van der Waals surface area contributed by atoms with Crippen molar-refractivity contribution in [2.45, 2.75) is 89.8 Å². The van der Waals surface area contributed by atoms with E-state index in [1.54, 1.807) is 0 Å². The van der Waals surface area contributed by atoms with Crippen molar-refractivity contribution in [1.29, 1.82) is 0 Å². The summed E-state index contributed by atoms with van der Waals surface area (Å²) in [5.41, 5.74) is 0. The highest BCUT2D eigenvalue weighted by Crippen LogP contribution is 2.19. The second kappa shape index (κ2) is 35.1. The Morgan fingerprint density at radius 3 is 1.43 bits per heavy atom. The van der Waals surface area contributed by atoms with Crippen LogP contribution in [0.2, 0.25) is 0 Å². The number of hydrogen-bond donors (Lipinski definition) is 3. The highest BCUT2D eigenvalue weighted by Gasteiger charge is 2.12. The zero-order valence-electron chi connectivity index (χ0n) is 19.1. The Kier molecular flexibility index (Phi) is 42.3. The van der Waals surface area contributed by atoms with Crippen molar-refractivity contribution in [3.63, 3.8) is 0 Å². The van der Waals surface area contributed by atoms with Crippen LogP contribution in [-0.2, 0) is 9.53 Å². The van der Waals surface area contributed by atoms with Gasteiger partial charge in [0.05, 0.1) is 32.0 Å². The van der Waals surface area contributed by atoms with E-state index in [0.29, 0.717) is 12.5 Å². The van der Waals surface area contributed by atoms with Gasteiger partial charge in [-0.3, -0.25) is 0 Å². The van der Waals surface area contributed by atoms with Crippen LogP contribution in [0.5, 0.6) is 0 Å². The molecule has 0 saturated heterocycles. The quantitative estimate of drug-likeness (QED) is 0.434. The molecule has 180 valence electrons. The standard InChI is InChI=1S/C9H16O.C6H12O.3C3H6O.H2O/c1-2-8-10-9-6-4-3-5-7-9;7-6-4-2-1-3-5-6;3*1-2-3-4;/h2,9H,1,3-8H2;6-7H,1-5H2;3H,2H2,1H3;2*2,4H,1,3H2;1H2. The molecule has 5 N–H and O–H groups in total. The summed E-state index contributed by atoms with van der Waals surface area (Å²) in [4.78, 5) is 9.17. The molecule has 6 heteroatoms. The predicted molar refractivity (Wildman–Crippen MR) is 127 cm³/mol. The maximum absolute atomic E-state index is 9.17. The van der Waals surface area contributed by atoms with Crippen LogP contribution < -0.4 is 0 Å². The Hall–Kier alpha value is -1.31. The molecular formula is C24H48O6. The molecule has 0 bridgehead atoms. The third-order valence-corrected chi connectivity index (χ3v) is 4.00. The molecule has 30 heavy (non-hydrogen) atoms. The molecule has 2 aliphatic carbocycles. The first-order chi connectivity index (χ1) is 14.1. The average molecular weight is 433 g/mol. The van der Waals surface area contributed by atoms with Gasteiger partial charge in [-0.15, -0.1) is 19.7 Å². The molecule has 2 rings (SSSR count). The van der Waals surface area contributed by atoms with Crippen LogP contribution in [0.1, 0.15) is 77.6 Å². The van der Waals surface area contributed by atoms with Gasteiger partial charge >= 0.3 is 0 Å². The molecule has 0 radical (unpaired) electrons. The van der Waals surface area contributed by atoms with Crippen molar-refractivity contribution >= 4 is 6.29 Å². The van der Waals surface area contributed by atoms with Crippen molar-refractivity contribution < 1.29 is 30.3 Å². The van der Waals surface area contributed by atoms with Gasteiger partial charge in [0.2, 0.25) is 0 Å². The van der Waals surface area contributed by atoms with E-state index in [1.807, 2.05) is 13.0 Å². The second-order valence-corrected chi connectivity index (χ2v) is 6.69. The average Bonchev–Trinajstić information content (AvgIpc) is 2.79. The number of ether oxygens (including phenoxy) is 1. The first kappa shape index (κ1) is 36.1. The number of rotatable bonds is 6. The summed E-state index contributed by atoms with van der Waals surface area (Å²) in [6.07, 6.45) is 19.3. The topological polar surface area (TPSA) is 118 Å². The maximum Gasteiger partial charge on any atom is 0.119 e. The fourth-order valence-corrected chi connectivity index (χ4v) is 2.52. The van der Waals surface area contributed by atoms with Gasteiger partial charge in [-0.1, -0.05) is 63.7 Å². The molecular weight excluding hydrogens is 384 g/mol. The lowest BCUT2D eigenvalue weighted by Gasteiger charge is -2.20. The number of aliphatic hydroxyl groups is 3. The van der Waals surface area contributed by atoms with Crippen LogP contribution in [0.25, 0.3) is 0 Å². The molecule has 0 amide bonds. The molecule has 2 fully saturated rings. The van der Waals surface area contributed by atoms with Gasteiger partial charge in [0.25, 0.3) is 0 Å². The van der Waals surface area contributed by atoms with Gasteiger partial charge < -0.3 is 30.3 Å². The number of aliphatic hydroxyl groups excluding tert-OH is 3. The fourth-order valence-electron chi connectivity index (χ4n) is 2.52. The minimum Gasteiger partial charge on any atom is -0.412 e. The molecule has 0 aromatic carbocycles. The highest BCUT2D eigenvalue weighted by atomic mass is 16.5. The van der Waals surface area contributed by atoms with Gasteiger partial charge in [-0.05, 0) is 25.7 Å². The monoisotopic (exact) mass is 432 g/mol. The van der Waals surface area contributed by atoms with Crippen LogP contribution in [-0.4, -0.2) is 59.1 Å². The predicted octanol–water partition coefficient (Wildman–Crippen LogP) is 3.93. The van der Waals surface area contributed by atoms with Crippen LogP contribution >= 0.6 is 0 Å². The van der Waals surface area contributed by atoms with Crippen LogP contribution in [0.3, 0.4) is 0 Å². The maximum atomic E-state index is 9.17. The van der Waals surface area contributed by atoms with Gasteiger partial charge in [0, 0.05) is 6.42 Å². The lowest BCUT2D eigenvalue weighted by Crippen LogP contribution is -2.16. The largest absolute Gasteiger partial charge is 0.412 e. The van der Waals surface area contributed by atoms with Crippen molar-refractivity contribution in [1.82, 2.24) is 0 Å². The van der Waals surface area contributed by atoms with Crippen molar-refractivity contribution in [3.8, 4) is 0 Å². The fraction of sp³-hybridized carbons (Fsp3) is 0.708. The second-order valence-electron chi connectivity index (χ2n) is 6.69. The summed E-state index contributed by atoms with van der Waals surface area (Å²) >= 11 is 0. The molecule has 6 nitrogen and oxygen atoms in total. The van der Waals surface area contributed by atoms with E-state index in [4.69, 9.17) is 20.1 Å². The molecule has 0 aromatic heterocycles. The van der Waals surface area contributed by atoms with Crippen LogP contribution in [0.15, 0.2) is 38.0 Å². The summed E-state index contributed by atoms with van der Waals surface area (Å²) in [6, 6.07) is 0. The van der Waals surface area contributed by atoms with E-state index in [2.05, 4.69) is 19.7 Å². The van der Waals surface area contributed by atoms with Crippen molar-refractivity contribution in [2.24, 2.45) is 0 Å². The Morgan fingerprint density at radius 2 is 1.20 bits per heavy atom. The summed E-state index contributed by atoms with van der Waals surface area (Å²) in [6.45, 7) is 12.8. The molecule has 0 aliphatic heterocycles. The third-order valence-electron chi connectivity index (χ3n) is 4.00. The smallest absolute Gasteiger partial charge is 0.119 e. The van der Waals surface area contributed by atoms with E-state index < -0.39 is 0 Å². The minimum absolute atomic E-state index is 0. The number of aldehydes is 1. The molecule has 0 heterocycles. The summed E-state index contributed by atoms with van der Waals surface area (Å²) in [7, 11) is 0. The Labute approximate surface area is 184 Å². The molecule has 2 aliphatic rings. The molecule has 0 spiro atoms. The number of carbonyl (C=O) groups excluding carboxylic acids is 1. The summed E-state index contributed by atoms with van der Waals surface area (Å²) in [5, 5.41) is 24.4. The van der Waals surface area contributed by atoms with Gasteiger partial charge in [-0.25, -0.2) is 0 Å². The van der Waals surface area contributed by atoms with Crippen molar-refractivity contribution in [2.75, 3.05) is 19.8 Å². The number of hydrogen-bond acceptors (Lipinski definition) is 5. The minimum atomic E-state index is 0. The molecule has 0 unspecified atom stereocenters. The summed E-state index contributed by atoms with van der Waals surface area (Å²) < 4.78 is 5.51. The molecule has 0 aromatic rings. The van der Waals surface area contributed by atoms with Crippen LogP contribution in [0.4, 0.5) is 0 Å². The van der Waals surface area contributed by atoms with Crippen molar-refractivity contribution in [3.05, 3.63) is 38.0 Å². The van der Waals surface area contributed by atoms with Gasteiger partial charge in [0.1, 0.15) is 6.29 Å². The SMILES string of the molecule is C=CCO.C=CCO.C=CCOC1CCCCC1.CCC=O.O.OC1CCCCC1. The Balaban J connectivity index is -0.000000150. The zero-order chi connectivity index (χ0) is 22.6. The van der Waals surface area contributed by atoms with E-state index in [1.165, 1.54) is 63.5 Å². The van der Waals surface area contributed by atoms with E-state index in [9.17, 15) is 4.79 Å². The lowest BCUT2D eigenvalue weighted by atomic mass is 9.98. The summed E-state index contributed by atoms with van der Waals surface area (Å²) in [5.74, 6) is 0. The third kappa shape index (κ3) is 37.4. The zero-order valence-corrected chi connectivity index (χ0v) is 19.1. The van der Waals surface area contributed by atoms with E-state index in [-0.39, 0.29) is 24.8 Å². The molecule has 0 atom stereocenters. The Morgan fingerprint density at radius 1 is 0.833 bits per heavy atom. The van der Waals surface area contributed by atoms with Gasteiger partial charge in [-0.2, -0.15) is 0 Å². The molecule has 2 saturated carbocycles. The first-order valence-electron chi connectivity index (χ1n) is 10.8. The lowest BCUT2D eigenvalue weighted by molar-refractivity contribution is -0.107. The van der Waals surface area contributed by atoms with E-state index >= 15 is 0 Å². The van der Waals surface area contributed by atoms with Crippen LogP contribution in [0, 0.1) is 0 Å². The highest BCUT2D eigenvalue weighted by molar-refractivity contribution is 5.48. The Bertz CT molecular complexity index is 316. The normalized spacial score (nSPS) is 15.3.